The van der Waals surface area contributed by atoms with Crippen LogP contribution in [0.2, 0.25) is 0 Å². The Hall–Kier alpha value is -3.76. The van der Waals surface area contributed by atoms with Crippen molar-refractivity contribution in [3.05, 3.63) is 78.5 Å². The molecule has 0 bridgehead atoms. The zero-order valence-electron chi connectivity index (χ0n) is 17.9. The van der Waals surface area contributed by atoms with Crippen LogP contribution in [0.1, 0.15) is 10.4 Å². The van der Waals surface area contributed by atoms with Crippen molar-refractivity contribution in [2.75, 3.05) is 17.6 Å². The predicted octanol–water partition coefficient (Wildman–Crippen LogP) is 5.09. The Balaban J connectivity index is 1.34. The van der Waals surface area contributed by atoms with Gasteiger partial charge in [-0.3, -0.25) is 9.52 Å². The SMILES string of the molecule is COc1ccccc1NS(=O)(=O)c1ccc2oc(SCC(=O)c3c[nH]c4ccccc34)nc2c1. The first kappa shape index (κ1) is 22.1. The third kappa shape index (κ3) is 4.25. The molecule has 2 aromatic heterocycles. The van der Waals surface area contributed by atoms with Crippen LogP contribution in [0.15, 0.2) is 87.5 Å². The Kier molecular flexibility index (Phi) is 5.76. The third-order valence-corrected chi connectivity index (χ3v) is 7.41. The minimum atomic E-state index is -3.88. The monoisotopic (exact) mass is 493 g/mol. The minimum absolute atomic E-state index is 0.0330. The lowest BCUT2D eigenvalue weighted by molar-refractivity contribution is 0.102. The molecule has 0 aliphatic heterocycles. The molecule has 0 saturated heterocycles. The molecule has 5 aromatic rings. The fraction of sp³-hybridized carbons (Fsp3) is 0.0833. The molecule has 3 aromatic carbocycles. The summed E-state index contributed by atoms with van der Waals surface area (Å²) < 4.78 is 39.2. The molecule has 8 nitrogen and oxygen atoms in total. The molecule has 0 spiro atoms. The molecule has 34 heavy (non-hydrogen) atoms. The maximum absolute atomic E-state index is 12.9. The topological polar surface area (TPSA) is 114 Å². The van der Waals surface area contributed by atoms with E-state index >= 15 is 0 Å². The van der Waals surface area contributed by atoms with Gasteiger partial charge in [-0.2, -0.15) is 0 Å². The number of Topliss-reactive ketones (excluding diaryl/α,β-unsaturated/α-hetero) is 1. The number of anilines is 1. The van der Waals surface area contributed by atoms with Crippen molar-refractivity contribution >= 4 is 55.3 Å². The summed E-state index contributed by atoms with van der Waals surface area (Å²) in [5.41, 5.74) is 2.64. The van der Waals surface area contributed by atoms with Gasteiger partial charge in [0.25, 0.3) is 15.2 Å². The number of ketones is 1. The molecular weight excluding hydrogens is 474 g/mol. The van der Waals surface area contributed by atoms with E-state index in [2.05, 4.69) is 14.7 Å². The van der Waals surface area contributed by atoms with E-state index in [1.54, 1.807) is 36.5 Å². The molecule has 0 amide bonds. The van der Waals surface area contributed by atoms with E-state index in [9.17, 15) is 13.2 Å². The number of thioether (sulfide) groups is 1. The van der Waals surface area contributed by atoms with E-state index in [-0.39, 0.29) is 21.7 Å². The van der Waals surface area contributed by atoms with Crippen molar-refractivity contribution in [1.29, 1.82) is 0 Å². The van der Waals surface area contributed by atoms with Gasteiger partial charge in [-0.1, -0.05) is 42.1 Å². The van der Waals surface area contributed by atoms with Gasteiger partial charge < -0.3 is 14.1 Å². The number of benzene rings is 3. The van der Waals surface area contributed by atoms with Crippen LogP contribution in [0.4, 0.5) is 5.69 Å². The van der Waals surface area contributed by atoms with Crippen molar-refractivity contribution in [3.8, 4) is 5.75 Å². The van der Waals surface area contributed by atoms with Crippen LogP contribution in [-0.4, -0.2) is 37.0 Å². The van der Waals surface area contributed by atoms with Gasteiger partial charge in [-0.15, -0.1) is 0 Å². The number of rotatable bonds is 8. The number of sulfonamides is 1. The molecule has 0 aliphatic rings. The summed E-state index contributed by atoms with van der Waals surface area (Å²) in [6.07, 6.45) is 1.70. The molecule has 0 atom stereocenters. The zero-order valence-corrected chi connectivity index (χ0v) is 19.6. The van der Waals surface area contributed by atoms with Gasteiger partial charge in [0.2, 0.25) is 0 Å². The summed E-state index contributed by atoms with van der Waals surface area (Å²) in [6, 6.07) is 18.8. The predicted molar refractivity (Wildman–Crippen MR) is 131 cm³/mol. The summed E-state index contributed by atoms with van der Waals surface area (Å²) in [4.78, 5) is 20.2. The Labute approximate surface area is 199 Å². The highest BCUT2D eigenvalue weighted by Gasteiger charge is 2.19. The van der Waals surface area contributed by atoms with E-state index in [0.717, 1.165) is 22.7 Å². The first-order valence-corrected chi connectivity index (χ1v) is 12.7. The fourth-order valence-electron chi connectivity index (χ4n) is 3.55. The maximum atomic E-state index is 12.9. The molecule has 0 radical (unpaired) electrons. The Morgan fingerprint density at radius 2 is 1.91 bits per heavy atom. The second-order valence-electron chi connectivity index (χ2n) is 7.37. The number of nitrogens with one attached hydrogen (secondary N) is 2. The van der Waals surface area contributed by atoms with E-state index in [0.29, 0.717) is 28.1 Å². The van der Waals surface area contributed by atoms with Crippen LogP contribution in [0, 0.1) is 0 Å². The Morgan fingerprint density at radius 3 is 2.76 bits per heavy atom. The molecule has 0 unspecified atom stereocenters. The van der Waals surface area contributed by atoms with Crippen molar-refractivity contribution < 1.29 is 22.4 Å². The standard InChI is InChI=1S/C24H19N3O5S2/c1-31-22-9-5-4-8-19(22)27-34(29,30)15-10-11-23-20(12-15)26-24(32-23)33-14-21(28)17-13-25-18-7-3-2-6-16(17)18/h2-13,25,27H,14H2,1H3. The number of ether oxygens (including phenoxy) is 1. The Bertz CT molecular complexity index is 1620. The fourth-order valence-corrected chi connectivity index (χ4v) is 5.37. The van der Waals surface area contributed by atoms with Crippen LogP contribution in [0.25, 0.3) is 22.0 Å². The zero-order chi connectivity index (χ0) is 23.7. The average molecular weight is 494 g/mol. The second kappa shape index (κ2) is 8.88. The average Bonchev–Trinajstić information content (AvgIpc) is 3.46. The first-order valence-electron chi connectivity index (χ1n) is 10.2. The van der Waals surface area contributed by atoms with Crippen LogP contribution >= 0.6 is 11.8 Å². The van der Waals surface area contributed by atoms with E-state index in [4.69, 9.17) is 9.15 Å². The molecule has 0 aliphatic carbocycles. The number of para-hydroxylation sites is 3. The number of H-pyrrole nitrogens is 1. The smallest absolute Gasteiger partial charge is 0.262 e. The van der Waals surface area contributed by atoms with Crippen LogP contribution < -0.4 is 9.46 Å². The van der Waals surface area contributed by atoms with Gasteiger partial charge in [0.15, 0.2) is 11.4 Å². The lowest BCUT2D eigenvalue weighted by atomic mass is 10.1. The lowest BCUT2D eigenvalue weighted by Gasteiger charge is -2.11. The number of oxazole rings is 1. The third-order valence-electron chi connectivity index (χ3n) is 5.22. The quantitative estimate of drug-likeness (QED) is 0.228. The van der Waals surface area contributed by atoms with Crippen molar-refractivity contribution in [3.63, 3.8) is 0 Å². The normalized spacial score (nSPS) is 11.7. The molecular formula is C24H19N3O5S2. The Morgan fingerprint density at radius 1 is 1.12 bits per heavy atom. The highest BCUT2D eigenvalue weighted by molar-refractivity contribution is 7.99. The molecule has 0 fully saturated rings. The van der Waals surface area contributed by atoms with Gasteiger partial charge in [-0.05, 0) is 36.4 Å². The molecule has 5 rings (SSSR count). The molecule has 172 valence electrons. The molecule has 0 saturated carbocycles. The number of aromatic nitrogens is 2. The van der Waals surface area contributed by atoms with E-state index < -0.39 is 10.0 Å². The number of carbonyl (C=O) groups excluding carboxylic acids is 1. The largest absolute Gasteiger partial charge is 0.495 e. The highest BCUT2D eigenvalue weighted by Crippen LogP contribution is 2.29. The summed E-state index contributed by atoms with van der Waals surface area (Å²) in [5.74, 6) is 0.482. The summed E-state index contributed by atoms with van der Waals surface area (Å²) >= 11 is 1.16. The van der Waals surface area contributed by atoms with Gasteiger partial charge in [0.1, 0.15) is 11.3 Å². The molecule has 2 N–H and O–H groups in total. The van der Waals surface area contributed by atoms with Crippen LogP contribution in [-0.2, 0) is 10.0 Å². The number of hydrogen-bond acceptors (Lipinski definition) is 7. The number of aromatic amines is 1. The lowest BCUT2D eigenvalue weighted by Crippen LogP contribution is -2.13. The van der Waals surface area contributed by atoms with Crippen LogP contribution in [0.5, 0.6) is 5.75 Å². The van der Waals surface area contributed by atoms with Gasteiger partial charge in [0, 0.05) is 22.7 Å². The van der Waals surface area contributed by atoms with Crippen molar-refractivity contribution in [2.45, 2.75) is 10.1 Å². The van der Waals surface area contributed by atoms with Crippen LogP contribution in [0.3, 0.4) is 0 Å². The molecule has 10 heteroatoms. The number of fused-ring (bicyclic) bond motifs is 2. The van der Waals surface area contributed by atoms with Crippen molar-refractivity contribution in [1.82, 2.24) is 9.97 Å². The minimum Gasteiger partial charge on any atom is -0.495 e. The second-order valence-corrected chi connectivity index (χ2v) is 9.98. The number of nitrogens with zero attached hydrogens (tertiary/aromatic N) is 1. The molecule has 2 heterocycles. The van der Waals surface area contributed by atoms with Gasteiger partial charge in [0.05, 0.1) is 23.4 Å². The van der Waals surface area contributed by atoms with E-state index in [1.807, 2.05) is 24.3 Å². The van der Waals surface area contributed by atoms with Gasteiger partial charge in [-0.25, -0.2) is 13.4 Å². The van der Waals surface area contributed by atoms with Crippen molar-refractivity contribution in [2.24, 2.45) is 0 Å². The number of carbonyl (C=O) groups is 1. The summed E-state index contributed by atoms with van der Waals surface area (Å²) in [6.45, 7) is 0. The summed E-state index contributed by atoms with van der Waals surface area (Å²) in [7, 11) is -2.41. The first-order chi connectivity index (χ1) is 16.4. The highest BCUT2D eigenvalue weighted by atomic mass is 32.2. The number of hydrogen-bond donors (Lipinski definition) is 2. The number of methoxy groups -OCH3 is 1. The van der Waals surface area contributed by atoms with E-state index in [1.165, 1.54) is 19.2 Å². The maximum Gasteiger partial charge on any atom is 0.262 e. The summed E-state index contributed by atoms with van der Waals surface area (Å²) in [5, 5.41) is 1.15. The van der Waals surface area contributed by atoms with Gasteiger partial charge >= 0.3 is 0 Å².